The SMILES string of the molecule is CNC1=[N+](Cc2ccccc2)C2C(=O)N(C)C(=O)N(C)C2=N1. The van der Waals surface area contributed by atoms with E-state index in [2.05, 4.69) is 10.3 Å². The van der Waals surface area contributed by atoms with Gasteiger partial charge in [-0.1, -0.05) is 35.3 Å². The Bertz CT molecular complexity index is 695. The van der Waals surface area contributed by atoms with E-state index in [4.69, 9.17) is 0 Å². The maximum Gasteiger partial charge on any atom is 0.390 e. The second-order valence-corrected chi connectivity index (χ2v) is 5.30. The van der Waals surface area contributed by atoms with Gasteiger partial charge in [-0.05, 0) is 5.56 Å². The fourth-order valence-corrected chi connectivity index (χ4v) is 2.74. The first-order valence-corrected chi connectivity index (χ1v) is 7.03. The van der Waals surface area contributed by atoms with Crippen LogP contribution in [0.25, 0.3) is 0 Å². The van der Waals surface area contributed by atoms with E-state index in [1.165, 1.54) is 11.9 Å². The smallest absolute Gasteiger partial charge is 0.277 e. The number of nitrogens with zero attached hydrogens (tertiary/aromatic N) is 4. The fraction of sp³-hybridized carbons (Fsp3) is 0.333. The molecule has 1 aromatic carbocycles. The minimum atomic E-state index is -0.574. The second-order valence-electron chi connectivity index (χ2n) is 5.30. The average molecular weight is 300 g/mol. The third-order valence-corrected chi connectivity index (χ3v) is 3.95. The van der Waals surface area contributed by atoms with Crippen LogP contribution in [-0.2, 0) is 11.3 Å². The number of rotatable bonds is 2. The van der Waals surface area contributed by atoms with Gasteiger partial charge in [0, 0.05) is 14.1 Å². The summed E-state index contributed by atoms with van der Waals surface area (Å²) in [5.41, 5.74) is 1.07. The maximum absolute atomic E-state index is 12.5. The van der Waals surface area contributed by atoms with Crippen molar-refractivity contribution in [2.24, 2.45) is 4.99 Å². The van der Waals surface area contributed by atoms with Crippen molar-refractivity contribution in [3.63, 3.8) is 0 Å². The van der Waals surface area contributed by atoms with Crippen LogP contribution in [0.5, 0.6) is 0 Å². The normalized spacial score (nSPS) is 21.2. The van der Waals surface area contributed by atoms with Gasteiger partial charge >= 0.3 is 12.0 Å². The Kier molecular flexibility index (Phi) is 3.40. The first kappa shape index (κ1) is 14.2. The Balaban J connectivity index is 2.00. The third-order valence-electron chi connectivity index (χ3n) is 3.95. The molecule has 2 aliphatic rings. The summed E-state index contributed by atoms with van der Waals surface area (Å²) in [7, 11) is 4.89. The number of benzene rings is 1. The number of hydrogen-bond acceptors (Lipinski definition) is 4. The van der Waals surface area contributed by atoms with Crippen molar-refractivity contribution in [1.29, 1.82) is 0 Å². The van der Waals surface area contributed by atoms with E-state index in [1.54, 1.807) is 14.1 Å². The lowest BCUT2D eigenvalue weighted by Crippen LogP contribution is -2.61. The van der Waals surface area contributed by atoms with Crippen molar-refractivity contribution in [2.45, 2.75) is 12.6 Å². The first-order chi connectivity index (χ1) is 10.5. The molecular weight excluding hydrogens is 282 g/mol. The van der Waals surface area contributed by atoms with Gasteiger partial charge in [0.25, 0.3) is 5.91 Å². The summed E-state index contributed by atoms with van der Waals surface area (Å²) < 4.78 is 1.88. The molecule has 0 spiro atoms. The van der Waals surface area contributed by atoms with E-state index in [0.717, 1.165) is 10.5 Å². The highest BCUT2D eigenvalue weighted by molar-refractivity contribution is 6.22. The van der Waals surface area contributed by atoms with Crippen molar-refractivity contribution in [1.82, 2.24) is 15.1 Å². The van der Waals surface area contributed by atoms with Crippen LogP contribution in [0.15, 0.2) is 35.3 Å². The molecule has 114 valence electrons. The zero-order valence-corrected chi connectivity index (χ0v) is 12.8. The molecule has 0 saturated carbocycles. The molecule has 2 heterocycles. The summed E-state index contributed by atoms with van der Waals surface area (Å²) >= 11 is 0. The summed E-state index contributed by atoms with van der Waals surface area (Å²) in [6.45, 7) is 0.538. The van der Waals surface area contributed by atoms with Gasteiger partial charge in [0.05, 0.1) is 13.6 Å². The highest BCUT2D eigenvalue weighted by Gasteiger charge is 2.51. The minimum absolute atomic E-state index is 0.261. The van der Waals surface area contributed by atoms with Gasteiger partial charge in [0.1, 0.15) is 0 Å². The molecule has 1 fully saturated rings. The molecule has 0 bridgehead atoms. The van der Waals surface area contributed by atoms with E-state index in [0.29, 0.717) is 18.3 Å². The van der Waals surface area contributed by atoms with Crippen molar-refractivity contribution in [2.75, 3.05) is 21.1 Å². The number of carbonyl (C=O) groups excluding carboxylic acids is 2. The Morgan fingerprint density at radius 1 is 1.18 bits per heavy atom. The van der Waals surface area contributed by atoms with Gasteiger partial charge in [0.2, 0.25) is 11.9 Å². The van der Waals surface area contributed by atoms with E-state index in [1.807, 2.05) is 34.9 Å². The summed E-state index contributed by atoms with van der Waals surface area (Å²) in [6, 6.07) is 8.92. The monoisotopic (exact) mass is 300 g/mol. The number of amides is 3. The van der Waals surface area contributed by atoms with Gasteiger partial charge in [-0.3, -0.25) is 19.9 Å². The maximum atomic E-state index is 12.5. The van der Waals surface area contributed by atoms with Crippen LogP contribution in [0.2, 0.25) is 0 Å². The van der Waals surface area contributed by atoms with Crippen molar-refractivity contribution >= 4 is 23.7 Å². The van der Waals surface area contributed by atoms with Gasteiger partial charge in [-0.25, -0.2) is 9.37 Å². The molecule has 1 aromatic rings. The van der Waals surface area contributed by atoms with Gasteiger partial charge in [0.15, 0.2) is 0 Å². The highest BCUT2D eigenvalue weighted by atomic mass is 16.2. The number of carbonyl (C=O) groups is 2. The Labute approximate surface area is 128 Å². The highest BCUT2D eigenvalue weighted by Crippen LogP contribution is 2.19. The number of aliphatic imine (C=N–C) groups is 1. The number of amidine groups is 1. The van der Waals surface area contributed by atoms with E-state index < -0.39 is 6.04 Å². The number of hydrogen-bond donors (Lipinski definition) is 1. The second kappa shape index (κ2) is 5.25. The van der Waals surface area contributed by atoms with Crippen LogP contribution in [0.1, 0.15) is 5.56 Å². The molecule has 0 radical (unpaired) electrons. The van der Waals surface area contributed by atoms with Gasteiger partial charge in [-0.2, -0.15) is 0 Å². The molecule has 0 aromatic heterocycles. The van der Waals surface area contributed by atoms with E-state index in [-0.39, 0.29) is 11.9 Å². The van der Waals surface area contributed by atoms with Gasteiger partial charge < -0.3 is 0 Å². The summed E-state index contributed by atoms with van der Waals surface area (Å²) in [6.07, 6.45) is 0. The number of imide groups is 1. The van der Waals surface area contributed by atoms with Crippen molar-refractivity contribution in [3.05, 3.63) is 35.9 Å². The van der Waals surface area contributed by atoms with Crippen molar-refractivity contribution in [3.8, 4) is 0 Å². The molecule has 2 aliphatic heterocycles. The summed E-state index contributed by atoms with van der Waals surface area (Å²) in [4.78, 5) is 31.6. The molecule has 1 N–H and O–H groups in total. The number of nitrogens with one attached hydrogen (secondary N) is 1. The summed E-state index contributed by atoms with van der Waals surface area (Å²) in [5.74, 6) is 0.795. The van der Waals surface area contributed by atoms with Crippen molar-refractivity contribution < 1.29 is 14.2 Å². The molecule has 7 nitrogen and oxygen atoms in total. The molecule has 1 saturated heterocycles. The Morgan fingerprint density at radius 3 is 2.50 bits per heavy atom. The molecule has 3 amide bonds. The lowest BCUT2D eigenvalue weighted by Gasteiger charge is -2.31. The quantitative estimate of drug-likeness (QED) is 0.787. The van der Waals surface area contributed by atoms with Crippen LogP contribution >= 0.6 is 0 Å². The lowest BCUT2D eigenvalue weighted by atomic mass is 10.1. The van der Waals surface area contributed by atoms with Gasteiger partial charge in [-0.15, -0.1) is 0 Å². The number of likely N-dealkylation sites (N-methyl/N-ethyl adjacent to an activating group) is 2. The fourth-order valence-electron chi connectivity index (χ4n) is 2.74. The Morgan fingerprint density at radius 2 is 1.86 bits per heavy atom. The summed E-state index contributed by atoms with van der Waals surface area (Å²) in [5, 5.41) is 3.01. The predicted octanol–water partition coefficient (Wildman–Crippen LogP) is 0.0790. The zero-order chi connectivity index (χ0) is 15.9. The van der Waals surface area contributed by atoms with E-state index in [9.17, 15) is 9.59 Å². The number of urea groups is 1. The Hall–Kier alpha value is -2.70. The first-order valence-electron chi connectivity index (χ1n) is 7.03. The molecular formula is C15H18N5O2+. The molecule has 3 rings (SSSR count). The minimum Gasteiger partial charge on any atom is -0.277 e. The number of fused-ring (bicyclic) bond motifs is 1. The topological polar surface area (TPSA) is 68.0 Å². The number of guanidine groups is 1. The van der Waals surface area contributed by atoms with E-state index >= 15 is 0 Å². The standard InChI is InChI=1S/C15H17N5O2/c1-16-14-17-12-11(13(21)19(3)15(22)18(12)2)20(14)9-10-7-5-4-6-8-10/h4-8,11H,9H2,1-3H3/p+1. The third kappa shape index (κ3) is 2.05. The molecule has 7 heteroatoms. The van der Waals surface area contributed by atoms with Crippen LogP contribution in [0.4, 0.5) is 4.79 Å². The lowest BCUT2D eigenvalue weighted by molar-refractivity contribution is -0.552. The van der Waals surface area contributed by atoms with Crippen LogP contribution < -0.4 is 5.32 Å². The van der Waals surface area contributed by atoms with Crippen LogP contribution in [0, 0.1) is 0 Å². The zero-order valence-electron chi connectivity index (χ0n) is 12.8. The molecule has 22 heavy (non-hydrogen) atoms. The predicted molar refractivity (Wildman–Crippen MR) is 81.6 cm³/mol. The molecule has 0 aliphatic carbocycles. The van der Waals surface area contributed by atoms with Crippen LogP contribution in [0.3, 0.4) is 0 Å². The molecule has 1 atom stereocenters. The van der Waals surface area contributed by atoms with Crippen LogP contribution in [-0.4, -0.2) is 65.3 Å². The average Bonchev–Trinajstić information content (AvgIpc) is 2.90. The largest absolute Gasteiger partial charge is 0.390 e. The molecule has 1 unspecified atom stereocenters.